The number of fused-ring (bicyclic) bond motifs is 2. The summed E-state index contributed by atoms with van der Waals surface area (Å²) in [5.41, 5.74) is 1.81. The maximum absolute atomic E-state index is 14.7. The number of aliphatic hydroxyl groups is 1. The van der Waals surface area contributed by atoms with E-state index < -0.39 is 103 Å². The molecule has 0 saturated carbocycles. The number of benzene rings is 3. The number of aromatic amines is 1. The first-order chi connectivity index (χ1) is 36.7. The second-order valence-electron chi connectivity index (χ2n) is 19.8. The van der Waals surface area contributed by atoms with E-state index in [2.05, 4.69) is 24.0 Å². The van der Waals surface area contributed by atoms with Crippen LogP contribution in [0.15, 0.2) is 78.4 Å². The third-order valence-corrected chi connectivity index (χ3v) is 18.0. The van der Waals surface area contributed by atoms with Crippen molar-refractivity contribution < 1.29 is 96.4 Å². The lowest BCUT2D eigenvalue weighted by Crippen LogP contribution is -2.44. The number of phenolic OH excluding ortho intramolecular Hbond substituents is 1. The Kier molecular flexibility index (Phi) is 20.2. The first-order valence-corrected chi connectivity index (χ1v) is 30.2. The summed E-state index contributed by atoms with van der Waals surface area (Å²) >= 11 is 0. The number of halogens is 2. The average molecular weight is 1200 g/mol. The summed E-state index contributed by atoms with van der Waals surface area (Å²) in [4.78, 5) is 81.7. The van der Waals surface area contributed by atoms with Crippen molar-refractivity contribution in [2.75, 3.05) is 80.6 Å². The van der Waals surface area contributed by atoms with Gasteiger partial charge in [0.25, 0.3) is 21.6 Å². The van der Waals surface area contributed by atoms with Crippen molar-refractivity contribution >= 4 is 56.5 Å². The largest absolute Gasteiger partial charge is 0.505 e. The predicted molar refractivity (Wildman–Crippen MR) is 280 cm³/mol. The van der Waals surface area contributed by atoms with Gasteiger partial charge in [0.1, 0.15) is 28.6 Å². The van der Waals surface area contributed by atoms with Gasteiger partial charge < -0.3 is 54.1 Å². The minimum absolute atomic E-state index is 0.0401. The second kappa shape index (κ2) is 25.3. The van der Waals surface area contributed by atoms with E-state index >= 15 is 0 Å². The highest BCUT2D eigenvalue weighted by Crippen LogP contribution is 2.66. The number of carbonyl (C=O) groups is 1. The molecule has 33 heteroatoms. The molecule has 3 aliphatic rings. The summed E-state index contributed by atoms with van der Waals surface area (Å²) in [6.45, 7) is 1.66. The fourth-order valence-corrected chi connectivity index (χ4v) is 13.2. The maximum Gasteiger partial charge on any atom is 0.489 e. The van der Waals surface area contributed by atoms with Crippen LogP contribution in [0, 0.1) is 11.6 Å². The Morgan fingerprint density at radius 3 is 2.19 bits per heavy atom. The highest BCUT2D eigenvalue weighted by Gasteiger charge is 2.43. The van der Waals surface area contributed by atoms with Gasteiger partial charge in [0.2, 0.25) is 5.43 Å². The van der Waals surface area contributed by atoms with E-state index in [1.807, 2.05) is 28.2 Å². The number of nitrogens with two attached hydrogens (primary N) is 1. The summed E-state index contributed by atoms with van der Waals surface area (Å²) in [5.74, 6) is -4.12. The molecular formula is C46H62F2N7O20P3S+2. The molecule has 3 heterocycles. The van der Waals surface area contributed by atoms with Gasteiger partial charge in [-0.05, 0) is 24.3 Å². The molecule has 3 aromatic rings. The van der Waals surface area contributed by atoms with E-state index in [9.17, 15) is 79.5 Å². The van der Waals surface area contributed by atoms with E-state index in [4.69, 9.17) is 19.4 Å². The van der Waals surface area contributed by atoms with E-state index in [0.717, 1.165) is 60.5 Å². The summed E-state index contributed by atoms with van der Waals surface area (Å²) in [7, 11) is -13.7. The van der Waals surface area contributed by atoms with Crippen LogP contribution in [0.1, 0.15) is 54.3 Å². The number of phenols is 1. The van der Waals surface area contributed by atoms with Crippen molar-refractivity contribution in [3.63, 3.8) is 0 Å². The van der Waals surface area contributed by atoms with Crippen LogP contribution in [0.25, 0.3) is 39.5 Å². The zero-order valence-corrected chi connectivity index (χ0v) is 46.5. The Morgan fingerprint density at radius 1 is 0.899 bits per heavy atom. The summed E-state index contributed by atoms with van der Waals surface area (Å²) < 4.78 is 129. The molecule has 1 saturated heterocycles. The third-order valence-electron chi connectivity index (χ3n) is 12.7. The van der Waals surface area contributed by atoms with E-state index in [0.29, 0.717) is 35.0 Å². The average Bonchev–Trinajstić information content (AvgIpc) is 3.90. The van der Waals surface area contributed by atoms with Crippen LogP contribution in [-0.2, 0) is 41.7 Å². The van der Waals surface area contributed by atoms with Gasteiger partial charge in [-0.25, -0.2) is 32.4 Å². The Balaban J connectivity index is 0.910. The number of nitrogens with one attached hydrogen (secondary N) is 3. The van der Waals surface area contributed by atoms with Crippen molar-refractivity contribution in [2.45, 2.75) is 55.4 Å². The lowest BCUT2D eigenvalue weighted by Gasteiger charge is -2.32. The molecule has 0 bridgehead atoms. The molecule has 0 spiro atoms. The number of aliphatic hydroxyl groups excluding tert-OH is 1. The number of hydrogen-bond acceptors (Lipinski definition) is 17. The molecule has 1 amide bonds. The molecule has 434 valence electrons. The number of carbonyl (C=O) groups excluding carboxylic acids is 1. The Hall–Kier alpha value is -5.20. The minimum atomic E-state index is -5.76. The molecular weight excluding hydrogens is 1130 g/mol. The summed E-state index contributed by atoms with van der Waals surface area (Å²) in [6, 6.07) is 6.59. The van der Waals surface area contributed by atoms with Gasteiger partial charge in [-0.15, -0.1) is 0 Å². The maximum atomic E-state index is 14.7. The number of unbranched alkanes of at least 4 members (excludes halogenated alkanes) is 1. The van der Waals surface area contributed by atoms with Crippen LogP contribution < -0.4 is 32.8 Å². The number of amides is 1. The predicted octanol–water partition coefficient (Wildman–Crippen LogP) is 3.35. The number of ether oxygens (including phenoxy) is 1. The highest BCUT2D eigenvalue weighted by molar-refractivity contribution is 7.86. The van der Waals surface area contributed by atoms with Crippen molar-refractivity contribution in [3.8, 4) is 28.2 Å². The van der Waals surface area contributed by atoms with Crippen molar-refractivity contribution in [3.05, 3.63) is 109 Å². The minimum Gasteiger partial charge on any atom is -0.505 e. The molecule has 2 aliphatic heterocycles. The number of aromatic hydroxyl groups is 1. The molecule has 2 aromatic carbocycles. The monoisotopic (exact) mass is 1200 g/mol. The van der Waals surface area contributed by atoms with Crippen molar-refractivity contribution in [1.29, 1.82) is 0 Å². The summed E-state index contributed by atoms with van der Waals surface area (Å²) in [5, 5.41) is 25.2. The highest BCUT2D eigenvalue weighted by atomic mass is 32.2. The van der Waals surface area contributed by atoms with Crippen molar-refractivity contribution in [1.82, 2.24) is 20.0 Å². The molecule has 11 N–H and O–H groups in total. The number of nitrogens with zero attached hydrogens (tertiary/aromatic N) is 3. The van der Waals surface area contributed by atoms with Gasteiger partial charge >= 0.3 is 29.1 Å². The molecule has 1 fully saturated rings. The molecule has 1 aromatic heterocycles. The SMILES string of the molecule is C[N+](C)(CCCC[N+](C)(C)CCCNP(=O)(O)OP(=O)(O)OP(=O)(O)OC[C@H]1O[C@@H](n2cc(/C=C/CN)c(=O)[nH]c2=O)C[C@H]1O)CCCNC(=O)c1ccc(-c2c3cc(F)c(=O)cc-3oc3cc(O)c(F)cc23)c(S(=O)(=O)O)c1. The molecule has 79 heavy (non-hydrogen) atoms. The van der Waals surface area contributed by atoms with Crippen LogP contribution in [0.4, 0.5) is 8.78 Å². The Labute approximate surface area is 449 Å². The van der Waals surface area contributed by atoms with Gasteiger partial charge in [0.05, 0.1) is 72.6 Å². The lowest BCUT2D eigenvalue weighted by atomic mass is 9.92. The number of aromatic nitrogens is 2. The van der Waals surface area contributed by atoms with E-state index in [1.54, 1.807) is 0 Å². The summed E-state index contributed by atoms with van der Waals surface area (Å²) in [6.07, 6.45) is 2.08. The van der Waals surface area contributed by atoms with E-state index in [-0.39, 0.29) is 77.0 Å². The van der Waals surface area contributed by atoms with Crippen LogP contribution >= 0.6 is 23.4 Å². The number of rotatable bonds is 27. The van der Waals surface area contributed by atoms with Crippen LogP contribution in [0.3, 0.4) is 0 Å². The quantitative estimate of drug-likeness (QED) is 0.0118. The molecule has 6 atom stereocenters. The smallest absolute Gasteiger partial charge is 0.489 e. The number of H-pyrrole nitrogens is 1. The Morgan fingerprint density at radius 2 is 1.54 bits per heavy atom. The standard InChI is InChI=1S/C46H60F2N7O20P3S/c1-54(2,18-8-14-50-44(59)28-11-12-30(41(20-28)79(68,69)70)43-31-21-33(47)35(56)23-38(31)72-39-24-36(57)34(48)22-32(39)43)16-5-6-17-55(3,4)19-9-15-51-76(62,63)74-78(66,67)75-77(64,65)71-27-40-37(58)25-42(73-40)53-26-29(10-7-13-49)45(60)52-46(53)61/h7,10-12,20-24,26,37,40,42,58H,5-6,8-9,13-19,25,27,49H2,1-4H3,(H6-2,50,51,52,56,57,59,60,61,62,63,64,65,66,67,68,69,70)/p+2/b10-7+/t37-,40-,42-/m1/s1. The fraction of sp³-hybridized carbons (Fsp3) is 0.435. The lowest BCUT2D eigenvalue weighted by molar-refractivity contribution is -0.896. The third kappa shape index (κ3) is 17.2. The van der Waals surface area contributed by atoms with Gasteiger partial charge in [0.15, 0.2) is 17.4 Å². The Bertz CT molecular complexity index is 3520. The van der Waals surface area contributed by atoms with Crippen LogP contribution in [0.5, 0.6) is 5.75 Å². The van der Waals surface area contributed by atoms with Gasteiger partial charge in [-0.2, -0.15) is 17.0 Å². The first-order valence-electron chi connectivity index (χ1n) is 24.2. The topological polar surface area (TPSA) is 396 Å². The van der Waals surface area contributed by atoms with Crippen LogP contribution in [0.2, 0.25) is 0 Å². The molecule has 0 radical (unpaired) electrons. The molecule has 27 nitrogen and oxygen atoms in total. The number of phosphoric acid groups is 2. The fourth-order valence-electron chi connectivity index (χ4n) is 8.69. The normalized spacial score (nSPS) is 18.7. The number of hydrogen-bond donors (Lipinski definition) is 10. The second-order valence-corrected chi connectivity index (χ2v) is 26.0. The molecule has 6 rings (SSSR count). The van der Waals surface area contributed by atoms with Crippen molar-refractivity contribution in [2.24, 2.45) is 5.73 Å². The molecule has 1 aliphatic carbocycles. The number of phosphoric ester groups is 1. The van der Waals surface area contributed by atoms with Gasteiger partial charge in [-0.3, -0.25) is 33.0 Å². The molecule has 3 unspecified atom stereocenters. The zero-order chi connectivity index (χ0) is 58.5. The van der Waals surface area contributed by atoms with Gasteiger partial charge in [-0.1, -0.05) is 18.2 Å². The number of quaternary nitrogens is 2. The van der Waals surface area contributed by atoms with E-state index in [1.165, 1.54) is 24.3 Å². The first kappa shape index (κ1) is 63.0. The van der Waals surface area contributed by atoms with Gasteiger partial charge in [0, 0.05) is 97.7 Å². The van der Waals surface area contributed by atoms with Crippen LogP contribution in [-0.4, -0.2) is 155 Å². The zero-order valence-electron chi connectivity index (χ0n) is 43.0.